The number of amides is 3. The molecule has 3 aromatic carbocycles. The van der Waals surface area contributed by atoms with Gasteiger partial charge >= 0.3 is 12.0 Å². The summed E-state index contributed by atoms with van der Waals surface area (Å²) in [5.74, 6) is -0.512. The monoisotopic (exact) mass is 492 g/mol. The van der Waals surface area contributed by atoms with E-state index in [1.54, 1.807) is 60.7 Å². The number of rotatable bonds is 8. The van der Waals surface area contributed by atoms with Crippen molar-refractivity contribution in [1.29, 1.82) is 0 Å². The summed E-state index contributed by atoms with van der Waals surface area (Å²) in [6.07, 6.45) is 1.57. The van der Waals surface area contributed by atoms with Crippen LogP contribution in [0.2, 0.25) is 5.02 Å². The highest BCUT2D eigenvalue weighted by atomic mass is 35.5. The smallest absolute Gasteiger partial charge is 0.335 e. The van der Waals surface area contributed by atoms with E-state index in [4.69, 9.17) is 26.2 Å². The zero-order valence-corrected chi connectivity index (χ0v) is 19.4. The third-order valence-corrected chi connectivity index (χ3v) is 5.56. The quantitative estimate of drug-likeness (QED) is 0.348. The third kappa shape index (κ3) is 5.62. The molecule has 0 aromatic heterocycles. The van der Waals surface area contributed by atoms with Crippen molar-refractivity contribution in [3.05, 3.63) is 99.7 Å². The molecule has 2 N–H and O–H groups in total. The molecule has 9 heteroatoms. The number of carbonyl (C=O) groups is 3. The van der Waals surface area contributed by atoms with Crippen molar-refractivity contribution in [2.45, 2.75) is 13.2 Å². The number of methoxy groups -OCH3 is 1. The van der Waals surface area contributed by atoms with Gasteiger partial charge in [-0.3, -0.25) is 9.69 Å². The molecule has 4 rings (SSSR count). The minimum absolute atomic E-state index is 0.128. The summed E-state index contributed by atoms with van der Waals surface area (Å²) >= 11 is 5.89. The van der Waals surface area contributed by atoms with Crippen molar-refractivity contribution in [2.75, 3.05) is 7.11 Å². The van der Waals surface area contributed by atoms with E-state index >= 15 is 0 Å². The number of halogens is 1. The fourth-order valence-corrected chi connectivity index (χ4v) is 3.58. The predicted octanol–water partition coefficient (Wildman–Crippen LogP) is 4.72. The molecule has 1 heterocycles. The summed E-state index contributed by atoms with van der Waals surface area (Å²) in [5.41, 5.74) is 2.56. The molecule has 3 aromatic rings. The van der Waals surface area contributed by atoms with E-state index < -0.39 is 17.9 Å². The summed E-state index contributed by atoms with van der Waals surface area (Å²) in [6.45, 7) is 0.341. The van der Waals surface area contributed by atoms with E-state index in [-0.39, 0.29) is 24.4 Å². The summed E-state index contributed by atoms with van der Waals surface area (Å²) < 4.78 is 11.2. The first-order chi connectivity index (χ1) is 16.8. The highest BCUT2D eigenvalue weighted by Crippen LogP contribution is 2.30. The molecule has 0 bridgehead atoms. The second-order valence-electron chi connectivity index (χ2n) is 7.71. The van der Waals surface area contributed by atoms with E-state index in [1.165, 1.54) is 19.2 Å². The average molecular weight is 493 g/mol. The molecule has 0 saturated carbocycles. The number of carbonyl (C=O) groups excluding carboxylic acids is 2. The topological polar surface area (TPSA) is 105 Å². The molecule has 1 fully saturated rings. The molecule has 35 heavy (non-hydrogen) atoms. The number of carboxylic acid groups (broad SMARTS) is 1. The second kappa shape index (κ2) is 10.3. The van der Waals surface area contributed by atoms with Crippen molar-refractivity contribution in [3.8, 4) is 11.5 Å². The van der Waals surface area contributed by atoms with Crippen LogP contribution in [0.25, 0.3) is 6.08 Å². The molecule has 0 aliphatic carbocycles. The minimum atomic E-state index is -0.992. The molecule has 0 radical (unpaired) electrons. The lowest BCUT2D eigenvalue weighted by molar-refractivity contribution is -0.123. The SMILES string of the molecule is COc1cc(/C=C2/NC(=O)N(Cc3ccc(Cl)cc3)C2=O)ccc1OCc1ccc(C(=O)O)cc1. The van der Waals surface area contributed by atoms with Crippen LogP contribution < -0.4 is 14.8 Å². The molecule has 0 spiro atoms. The van der Waals surface area contributed by atoms with E-state index in [9.17, 15) is 14.4 Å². The van der Waals surface area contributed by atoms with Crippen molar-refractivity contribution in [2.24, 2.45) is 0 Å². The molecule has 178 valence electrons. The van der Waals surface area contributed by atoms with Crippen molar-refractivity contribution in [1.82, 2.24) is 10.2 Å². The van der Waals surface area contributed by atoms with Crippen LogP contribution in [0.1, 0.15) is 27.0 Å². The second-order valence-corrected chi connectivity index (χ2v) is 8.14. The number of hydrogen-bond donors (Lipinski definition) is 2. The molecular formula is C26H21ClN2O6. The number of ether oxygens (including phenoxy) is 2. The number of imide groups is 1. The minimum Gasteiger partial charge on any atom is -0.493 e. The van der Waals surface area contributed by atoms with Gasteiger partial charge in [-0.05, 0) is 59.2 Å². The van der Waals surface area contributed by atoms with E-state index in [0.29, 0.717) is 22.1 Å². The standard InChI is InChI=1S/C26H21ClN2O6/c1-34-23-13-18(6-11-22(23)35-15-17-2-7-19(8-3-17)25(31)32)12-21-24(30)29(26(33)28-21)14-16-4-9-20(27)10-5-16/h2-13H,14-15H2,1H3,(H,28,33)(H,31,32)/b21-12+. The first-order valence-corrected chi connectivity index (χ1v) is 10.9. The Labute approximate surface area is 206 Å². The Morgan fingerprint density at radius 1 is 1.00 bits per heavy atom. The van der Waals surface area contributed by atoms with E-state index in [1.807, 2.05) is 0 Å². The number of hydrogen-bond acceptors (Lipinski definition) is 5. The summed E-state index contributed by atoms with van der Waals surface area (Å²) in [4.78, 5) is 37.3. The predicted molar refractivity (Wildman–Crippen MR) is 129 cm³/mol. The molecular weight excluding hydrogens is 472 g/mol. The Kier molecular flexibility index (Phi) is 7.03. The van der Waals surface area contributed by atoms with Gasteiger partial charge in [0.2, 0.25) is 0 Å². The van der Waals surface area contributed by atoms with Crippen LogP contribution in [0.3, 0.4) is 0 Å². The van der Waals surface area contributed by atoms with E-state index in [2.05, 4.69) is 5.32 Å². The third-order valence-electron chi connectivity index (χ3n) is 5.31. The Morgan fingerprint density at radius 3 is 2.34 bits per heavy atom. The fourth-order valence-electron chi connectivity index (χ4n) is 3.45. The van der Waals surface area contributed by atoms with Gasteiger partial charge in [-0.25, -0.2) is 9.59 Å². The zero-order chi connectivity index (χ0) is 24.9. The maximum Gasteiger partial charge on any atom is 0.335 e. The fraction of sp³-hybridized carbons (Fsp3) is 0.115. The van der Waals surface area contributed by atoms with Gasteiger partial charge in [0.25, 0.3) is 5.91 Å². The Morgan fingerprint density at radius 2 is 1.69 bits per heavy atom. The van der Waals surface area contributed by atoms with Gasteiger partial charge in [0.1, 0.15) is 12.3 Å². The van der Waals surface area contributed by atoms with Gasteiger partial charge in [-0.1, -0.05) is 41.9 Å². The number of benzene rings is 3. The van der Waals surface area contributed by atoms with Crippen LogP contribution in [0.15, 0.2) is 72.4 Å². The lowest BCUT2D eigenvalue weighted by Gasteiger charge is -2.12. The van der Waals surface area contributed by atoms with Gasteiger partial charge in [0.05, 0.1) is 19.2 Å². The van der Waals surface area contributed by atoms with Crippen LogP contribution >= 0.6 is 11.6 Å². The molecule has 8 nitrogen and oxygen atoms in total. The highest BCUT2D eigenvalue weighted by molar-refractivity contribution is 6.30. The van der Waals surface area contributed by atoms with Gasteiger partial charge in [0, 0.05) is 5.02 Å². The molecule has 1 aliphatic rings. The lowest BCUT2D eigenvalue weighted by Crippen LogP contribution is -2.30. The van der Waals surface area contributed by atoms with Gasteiger partial charge in [0.15, 0.2) is 11.5 Å². The van der Waals surface area contributed by atoms with Crippen molar-refractivity contribution in [3.63, 3.8) is 0 Å². The Hall–Kier alpha value is -4.30. The van der Waals surface area contributed by atoms with Crippen molar-refractivity contribution < 1.29 is 29.0 Å². The molecule has 3 amide bonds. The molecule has 0 atom stereocenters. The maximum atomic E-state index is 12.8. The first-order valence-electron chi connectivity index (χ1n) is 10.6. The molecule has 0 unspecified atom stereocenters. The van der Waals surface area contributed by atoms with Crippen LogP contribution in [0.4, 0.5) is 4.79 Å². The normalized spacial score (nSPS) is 14.2. The maximum absolute atomic E-state index is 12.8. The van der Waals surface area contributed by atoms with Gasteiger partial charge in [-0.2, -0.15) is 0 Å². The van der Waals surface area contributed by atoms with Crippen LogP contribution in [-0.4, -0.2) is 35.0 Å². The van der Waals surface area contributed by atoms with Gasteiger partial charge < -0.3 is 19.9 Å². The molecule has 1 saturated heterocycles. The van der Waals surface area contributed by atoms with E-state index in [0.717, 1.165) is 16.0 Å². The molecule has 1 aliphatic heterocycles. The van der Waals surface area contributed by atoms with Gasteiger partial charge in [-0.15, -0.1) is 0 Å². The number of nitrogens with one attached hydrogen (secondary N) is 1. The average Bonchev–Trinajstić information content (AvgIpc) is 3.11. The van der Waals surface area contributed by atoms with Crippen LogP contribution in [0, 0.1) is 0 Å². The highest BCUT2D eigenvalue weighted by Gasteiger charge is 2.33. The van der Waals surface area contributed by atoms with Crippen LogP contribution in [0.5, 0.6) is 11.5 Å². The number of urea groups is 1. The summed E-state index contributed by atoms with van der Waals surface area (Å²) in [7, 11) is 1.50. The summed E-state index contributed by atoms with van der Waals surface area (Å²) in [5, 5.41) is 12.2. The lowest BCUT2D eigenvalue weighted by atomic mass is 10.1. The largest absolute Gasteiger partial charge is 0.493 e. The first kappa shape index (κ1) is 23.8. The number of carboxylic acids is 1. The number of nitrogens with zero attached hydrogens (tertiary/aromatic N) is 1. The zero-order valence-electron chi connectivity index (χ0n) is 18.7. The van der Waals surface area contributed by atoms with Crippen molar-refractivity contribution >= 4 is 35.6 Å². The van der Waals surface area contributed by atoms with Crippen LogP contribution in [-0.2, 0) is 17.9 Å². The Bertz CT molecular complexity index is 1300. The Balaban J connectivity index is 1.45. The summed E-state index contributed by atoms with van der Waals surface area (Å²) in [6, 6.07) is 17.9. The number of aromatic carboxylic acids is 1.